The van der Waals surface area contributed by atoms with Gasteiger partial charge in [0, 0.05) is 32.8 Å². The molecule has 5 nitrogen and oxygen atoms in total. The summed E-state index contributed by atoms with van der Waals surface area (Å²) in [7, 11) is 5.82. The van der Waals surface area contributed by atoms with Gasteiger partial charge in [-0.25, -0.2) is 4.79 Å². The number of ether oxygens (including phenoxy) is 1. The van der Waals surface area contributed by atoms with Crippen LogP contribution in [0.1, 0.15) is 24.5 Å². The van der Waals surface area contributed by atoms with E-state index in [2.05, 4.69) is 24.3 Å². The largest absolute Gasteiger partial charge is 0.375 e. The van der Waals surface area contributed by atoms with E-state index in [1.54, 1.807) is 7.11 Å². The fourth-order valence-electron chi connectivity index (χ4n) is 2.86. The van der Waals surface area contributed by atoms with Crippen molar-refractivity contribution in [1.29, 1.82) is 0 Å². The monoisotopic (exact) mass is 305 g/mol. The first-order valence-electron chi connectivity index (χ1n) is 7.88. The average Bonchev–Trinajstić information content (AvgIpc) is 2.56. The quantitative estimate of drug-likeness (QED) is 0.906. The molecule has 122 valence electrons. The molecule has 1 aliphatic heterocycles. The molecule has 1 aromatic carbocycles. The van der Waals surface area contributed by atoms with Gasteiger partial charge in [-0.2, -0.15) is 0 Å². The summed E-state index contributed by atoms with van der Waals surface area (Å²) in [5, 5.41) is 3.00. The number of nitrogens with zero attached hydrogens (tertiary/aromatic N) is 2. The Bertz CT molecular complexity index is 464. The number of likely N-dealkylation sites (tertiary alicyclic amines) is 1. The van der Waals surface area contributed by atoms with Crippen molar-refractivity contribution in [2.75, 3.05) is 40.8 Å². The molecule has 0 radical (unpaired) electrons. The Morgan fingerprint density at radius 2 is 2.14 bits per heavy atom. The highest BCUT2D eigenvalue weighted by Gasteiger charge is 2.25. The maximum absolute atomic E-state index is 12.4. The summed E-state index contributed by atoms with van der Waals surface area (Å²) >= 11 is 0. The summed E-state index contributed by atoms with van der Waals surface area (Å²) in [6, 6.07) is 10.4. The van der Waals surface area contributed by atoms with Crippen molar-refractivity contribution in [2.24, 2.45) is 0 Å². The van der Waals surface area contributed by atoms with Crippen LogP contribution in [0.2, 0.25) is 0 Å². The first-order valence-corrected chi connectivity index (χ1v) is 7.88. The number of likely N-dealkylation sites (N-methyl/N-ethyl adjacent to an activating group) is 1. The fourth-order valence-corrected chi connectivity index (χ4v) is 2.86. The predicted molar refractivity (Wildman–Crippen MR) is 87.9 cm³/mol. The summed E-state index contributed by atoms with van der Waals surface area (Å²) in [6.45, 7) is 2.11. The van der Waals surface area contributed by atoms with Crippen molar-refractivity contribution < 1.29 is 9.53 Å². The van der Waals surface area contributed by atoms with Gasteiger partial charge in [0.15, 0.2) is 0 Å². The normalized spacial score (nSPS) is 20.0. The fraction of sp³-hybridized carbons (Fsp3) is 0.588. The van der Waals surface area contributed by atoms with Crippen LogP contribution in [0, 0.1) is 0 Å². The van der Waals surface area contributed by atoms with Gasteiger partial charge in [-0.15, -0.1) is 0 Å². The molecule has 1 aliphatic rings. The molecular weight excluding hydrogens is 278 g/mol. The summed E-state index contributed by atoms with van der Waals surface area (Å²) in [4.78, 5) is 16.5. The minimum atomic E-state index is -0.111. The van der Waals surface area contributed by atoms with Crippen molar-refractivity contribution in [3.8, 4) is 0 Å². The average molecular weight is 305 g/mol. The summed E-state index contributed by atoms with van der Waals surface area (Å²) in [6.07, 6.45) is 2.10. The third kappa shape index (κ3) is 4.45. The number of carbonyl (C=O) groups is 1. The first-order chi connectivity index (χ1) is 10.6. The predicted octanol–water partition coefficient (Wildman–Crippen LogP) is 2.11. The molecule has 2 atom stereocenters. The summed E-state index contributed by atoms with van der Waals surface area (Å²) < 4.78 is 5.49. The van der Waals surface area contributed by atoms with E-state index in [9.17, 15) is 4.79 Å². The van der Waals surface area contributed by atoms with E-state index in [-0.39, 0.29) is 12.1 Å². The summed E-state index contributed by atoms with van der Waals surface area (Å²) in [5.41, 5.74) is 1.08. The highest BCUT2D eigenvalue weighted by molar-refractivity contribution is 5.74. The zero-order valence-corrected chi connectivity index (χ0v) is 13.8. The van der Waals surface area contributed by atoms with Crippen LogP contribution in [0.4, 0.5) is 4.79 Å². The van der Waals surface area contributed by atoms with Crippen molar-refractivity contribution >= 4 is 6.03 Å². The second-order valence-electron chi connectivity index (χ2n) is 6.03. The molecule has 2 amide bonds. The molecule has 1 N–H and O–H groups in total. The lowest BCUT2D eigenvalue weighted by molar-refractivity contribution is 0.0976. The molecule has 0 saturated carbocycles. The van der Waals surface area contributed by atoms with Gasteiger partial charge in [0.05, 0.1) is 6.10 Å². The Morgan fingerprint density at radius 3 is 2.77 bits per heavy atom. The molecule has 0 spiro atoms. The van der Waals surface area contributed by atoms with Gasteiger partial charge in [0.2, 0.25) is 0 Å². The Kier molecular flexibility index (Phi) is 6.21. The number of amides is 2. The number of benzene rings is 1. The molecule has 5 heteroatoms. The third-order valence-electron chi connectivity index (χ3n) is 4.31. The molecule has 0 bridgehead atoms. The van der Waals surface area contributed by atoms with Gasteiger partial charge < -0.3 is 19.9 Å². The number of hydrogen-bond acceptors (Lipinski definition) is 3. The van der Waals surface area contributed by atoms with Crippen LogP contribution in [-0.4, -0.2) is 62.7 Å². The van der Waals surface area contributed by atoms with Gasteiger partial charge in [-0.05, 0) is 32.5 Å². The second-order valence-corrected chi connectivity index (χ2v) is 6.03. The zero-order valence-electron chi connectivity index (χ0n) is 13.8. The van der Waals surface area contributed by atoms with E-state index in [1.165, 1.54) is 0 Å². The lowest BCUT2D eigenvalue weighted by atomic mass is 10.1. The highest BCUT2D eigenvalue weighted by Crippen LogP contribution is 2.16. The van der Waals surface area contributed by atoms with Crippen LogP contribution in [-0.2, 0) is 4.74 Å². The van der Waals surface area contributed by atoms with Crippen LogP contribution in [0.25, 0.3) is 0 Å². The van der Waals surface area contributed by atoms with Gasteiger partial charge in [-0.1, -0.05) is 30.3 Å². The maximum atomic E-state index is 12.4. The molecule has 1 fully saturated rings. The van der Waals surface area contributed by atoms with Crippen LogP contribution in [0.3, 0.4) is 0 Å². The Balaban J connectivity index is 1.86. The molecule has 2 rings (SSSR count). The number of carbonyl (C=O) groups excluding carboxylic acids is 1. The Labute approximate surface area is 133 Å². The number of rotatable bonds is 5. The molecule has 1 heterocycles. The smallest absolute Gasteiger partial charge is 0.317 e. The van der Waals surface area contributed by atoms with Crippen LogP contribution in [0.5, 0.6) is 0 Å². The Hall–Kier alpha value is -1.59. The topological polar surface area (TPSA) is 44.8 Å². The zero-order chi connectivity index (χ0) is 15.9. The SMILES string of the molecule is CO[C@H](CNC(=O)N1CCC[C@@H](N(C)C)C1)c1ccccc1. The van der Waals surface area contributed by atoms with E-state index in [4.69, 9.17) is 4.74 Å². The second kappa shape index (κ2) is 8.15. The van der Waals surface area contributed by atoms with Crippen LogP contribution in [0.15, 0.2) is 30.3 Å². The molecule has 22 heavy (non-hydrogen) atoms. The molecule has 1 aromatic rings. The van der Waals surface area contributed by atoms with E-state index >= 15 is 0 Å². The number of hydrogen-bond donors (Lipinski definition) is 1. The lowest BCUT2D eigenvalue weighted by Gasteiger charge is -2.36. The van der Waals surface area contributed by atoms with Crippen LogP contribution >= 0.6 is 0 Å². The standard InChI is InChI=1S/C17H27N3O2/c1-19(2)15-10-7-11-20(13-15)17(21)18-12-16(22-3)14-8-5-4-6-9-14/h4-6,8-9,15-16H,7,10-13H2,1-3H3,(H,18,21)/t15-,16-/m1/s1. The van der Waals surface area contributed by atoms with E-state index < -0.39 is 0 Å². The number of piperidine rings is 1. The Morgan fingerprint density at radius 1 is 1.41 bits per heavy atom. The van der Waals surface area contributed by atoms with Crippen molar-refractivity contribution in [3.05, 3.63) is 35.9 Å². The summed E-state index contributed by atoms with van der Waals surface area (Å²) in [5.74, 6) is 0. The van der Waals surface area contributed by atoms with E-state index in [0.29, 0.717) is 12.6 Å². The molecule has 0 aliphatic carbocycles. The highest BCUT2D eigenvalue weighted by atomic mass is 16.5. The van der Waals surface area contributed by atoms with Gasteiger partial charge >= 0.3 is 6.03 Å². The van der Waals surface area contributed by atoms with E-state index in [1.807, 2.05) is 35.2 Å². The number of nitrogens with one attached hydrogen (secondary N) is 1. The minimum absolute atomic E-state index is 0.00420. The van der Waals surface area contributed by atoms with Crippen molar-refractivity contribution in [2.45, 2.75) is 25.0 Å². The van der Waals surface area contributed by atoms with Crippen molar-refractivity contribution in [1.82, 2.24) is 15.1 Å². The first kappa shape index (κ1) is 16.8. The molecular formula is C17H27N3O2. The van der Waals surface area contributed by atoms with Gasteiger partial charge in [0.1, 0.15) is 0 Å². The minimum Gasteiger partial charge on any atom is -0.375 e. The molecule has 1 saturated heterocycles. The van der Waals surface area contributed by atoms with Crippen LogP contribution < -0.4 is 5.32 Å². The lowest BCUT2D eigenvalue weighted by Crippen LogP contribution is -2.51. The third-order valence-corrected chi connectivity index (χ3v) is 4.31. The van der Waals surface area contributed by atoms with Crippen molar-refractivity contribution in [3.63, 3.8) is 0 Å². The number of urea groups is 1. The maximum Gasteiger partial charge on any atom is 0.317 e. The number of methoxy groups -OCH3 is 1. The molecule has 0 unspecified atom stereocenters. The van der Waals surface area contributed by atoms with Gasteiger partial charge in [-0.3, -0.25) is 0 Å². The molecule has 0 aromatic heterocycles. The van der Waals surface area contributed by atoms with E-state index in [0.717, 1.165) is 31.5 Å². The van der Waals surface area contributed by atoms with Gasteiger partial charge in [0.25, 0.3) is 0 Å².